The lowest BCUT2D eigenvalue weighted by Crippen LogP contribution is -2.36. The number of ether oxygens (including phenoxy) is 1. The molecule has 0 aliphatic rings. The minimum absolute atomic E-state index is 0.128. The highest BCUT2D eigenvalue weighted by Crippen LogP contribution is 2.07. The number of amides is 2. The average Bonchev–Trinajstić information content (AvgIpc) is 2.72. The zero-order valence-electron chi connectivity index (χ0n) is 19.3. The van der Waals surface area contributed by atoms with Crippen molar-refractivity contribution < 1.29 is 24.2 Å². The molecule has 0 aliphatic heterocycles. The van der Waals surface area contributed by atoms with Crippen LogP contribution in [0.5, 0.6) is 0 Å². The van der Waals surface area contributed by atoms with Crippen LogP contribution in [-0.4, -0.2) is 36.2 Å². The van der Waals surface area contributed by atoms with Crippen LogP contribution in [0.4, 0.5) is 4.79 Å². The van der Waals surface area contributed by atoms with Gasteiger partial charge >= 0.3 is 12.1 Å². The molecule has 1 rings (SSSR count). The summed E-state index contributed by atoms with van der Waals surface area (Å²) in [4.78, 5) is 30.3. The van der Waals surface area contributed by atoms with E-state index >= 15 is 0 Å². The summed E-state index contributed by atoms with van der Waals surface area (Å²) in [6.45, 7) is 12.9. The van der Waals surface area contributed by atoms with Crippen molar-refractivity contribution in [3.63, 3.8) is 0 Å². The molecule has 0 radical (unpaired) electrons. The maximum Gasteiger partial charge on any atom is 0.407 e. The first-order valence-corrected chi connectivity index (χ1v) is 10.5. The highest BCUT2D eigenvalue weighted by Gasteiger charge is 2.11. The van der Waals surface area contributed by atoms with Crippen LogP contribution in [0.3, 0.4) is 0 Å². The van der Waals surface area contributed by atoms with Crippen LogP contribution in [0, 0.1) is 11.8 Å². The normalized spacial score (nSPS) is 11.6. The molecule has 30 heavy (non-hydrogen) atoms. The van der Waals surface area contributed by atoms with Gasteiger partial charge in [0, 0.05) is 6.04 Å². The molecule has 0 saturated heterocycles. The van der Waals surface area contributed by atoms with Crippen molar-refractivity contribution in [1.29, 1.82) is 0 Å². The predicted octanol–water partition coefficient (Wildman–Crippen LogP) is 4.61. The van der Waals surface area contributed by atoms with E-state index in [0.717, 1.165) is 11.5 Å². The smallest absolute Gasteiger partial charge is 0.407 e. The number of carboxylic acids is 1. The molecule has 1 aromatic carbocycles. The number of benzene rings is 1. The Balaban J connectivity index is 0. The number of carbonyl (C=O) groups excluding carboxylic acids is 2. The summed E-state index contributed by atoms with van der Waals surface area (Å²) in [5, 5.41) is 12.6. The number of nitrogens with one attached hydrogen (secondary N) is 2. The second-order valence-corrected chi connectivity index (χ2v) is 7.43. The first-order chi connectivity index (χ1) is 14.2. The summed E-state index contributed by atoms with van der Waals surface area (Å²) in [5.41, 5.74) is 0.995. The van der Waals surface area contributed by atoms with Crippen molar-refractivity contribution in [3.05, 3.63) is 35.9 Å². The number of aliphatic carboxylic acids is 1. The molecule has 2 unspecified atom stereocenters. The zero-order chi connectivity index (χ0) is 23.4. The highest BCUT2D eigenvalue weighted by molar-refractivity contribution is 5.71. The summed E-state index contributed by atoms with van der Waals surface area (Å²) in [6, 6.07) is 9.77. The fraction of sp³-hybridized carbons (Fsp3) is 0.609. The van der Waals surface area contributed by atoms with E-state index in [9.17, 15) is 14.4 Å². The Kier molecular flexibility index (Phi) is 19.5. The van der Waals surface area contributed by atoms with Crippen LogP contribution >= 0.6 is 0 Å². The van der Waals surface area contributed by atoms with Gasteiger partial charge in [0.1, 0.15) is 13.2 Å². The minimum Gasteiger partial charge on any atom is -0.480 e. The first-order valence-electron chi connectivity index (χ1n) is 10.5. The van der Waals surface area contributed by atoms with E-state index in [2.05, 4.69) is 39.9 Å². The van der Waals surface area contributed by atoms with Gasteiger partial charge in [0.15, 0.2) is 0 Å². The second kappa shape index (κ2) is 19.7. The third-order valence-electron chi connectivity index (χ3n) is 4.37. The summed E-state index contributed by atoms with van der Waals surface area (Å²) < 4.78 is 5.10. The van der Waals surface area contributed by atoms with Crippen LogP contribution in [-0.2, 0) is 20.9 Å². The van der Waals surface area contributed by atoms with Crippen molar-refractivity contribution in [2.75, 3.05) is 6.54 Å². The van der Waals surface area contributed by atoms with Crippen LogP contribution in [0.1, 0.15) is 66.4 Å². The van der Waals surface area contributed by atoms with Gasteiger partial charge in [-0.15, -0.1) is 0 Å². The number of hydrogen-bond donors (Lipinski definition) is 3. The fourth-order valence-electron chi connectivity index (χ4n) is 1.94. The Morgan fingerprint density at radius 3 is 2.07 bits per heavy atom. The molecule has 0 bridgehead atoms. The first kappa shape index (κ1) is 29.6. The van der Waals surface area contributed by atoms with Crippen molar-refractivity contribution in [2.24, 2.45) is 11.8 Å². The van der Waals surface area contributed by atoms with Gasteiger partial charge in [0.05, 0.1) is 0 Å². The Bertz CT molecular complexity index is 564. The van der Waals surface area contributed by atoms with Crippen LogP contribution in [0.2, 0.25) is 0 Å². The molecule has 1 aromatic rings. The number of carboxylic acid groups (broad SMARTS) is 1. The van der Waals surface area contributed by atoms with E-state index in [1.54, 1.807) is 0 Å². The van der Waals surface area contributed by atoms with Crippen LogP contribution in [0.25, 0.3) is 0 Å². The highest BCUT2D eigenvalue weighted by atomic mass is 16.5. The van der Waals surface area contributed by atoms with Crippen molar-refractivity contribution >= 4 is 18.5 Å². The van der Waals surface area contributed by atoms with Gasteiger partial charge in [-0.1, -0.05) is 84.2 Å². The average molecular weight is 425 g/mol. The summed E-state index contributed by atoms with van der Waals surface area (Å²) in [5.74, 6) is 0.321. The lowest BCUT2D eigenvalue weighted by atomic mass is 10.0. The molecule has 7 heteroatoms. The number of hydrogen-bond acceptors (Lipinski definition) is 4. The van der Waals surface area contributed by atoms with E-state index in [0.29, 0.717) is 18.9 Å². The van der Waals surface area contributed by atoms with Gasteiger partial charge in [-0.05, 0) is 24.3 Å². The molecular formula is C23H40N2O5. The maximum absolute atomic E-state index is 11.4. The van der Waals surface area contributed by atoms with Gasteiger partial charge in [-0.2, -0.15) is 0 Å². The minimum atomic E-state index is -1.04. The summed E-state index contributed by atoms with van der Waals surface area (Å²) >= 11 is 0. The summed E-state index contributed by atoms with van der Waals surface area (Å²) in [7, 11) is 0. The van der Waals surface area contributed by atoms with Crippen LogP contribution in [0.15, 0.2) is 30.3 Å². The van der Waals surface area contributed by atoms with Gasteiger partial charge in [0.2, 0.25) is 6.41 Å². The van der Waals surface area contributed by atoms with Crippen LogP contribution < -0.4 is 10.6 Å². The summed E-state index contributed by atoms with van der Waals surface area (Å²) in [6.07, 6.45) is 4.07. The Morgan fingerprint density at radius 1 is 1.10 bits per heavy atom. The number of rotatable bonds is 10. The van der Waals surface area contributed by atoms with Gasteiger partial charge in [0.25, 0.3) is 0 Å². The van der Waals surface area contributed by atoms with E-state index in [1.165, 1.54) is 19.3 Å². The van der Waals surface area contributed by atoms with E-state index in [1.807, 2.05) is 42.6 Å². The standard InChI is InChI=1S/C13H19NO2.C7H16.C3H5NO3/c1-10(2)11(3)14-13(15)16-9-12-7-5-4-6-8-12;1-4-6-7(3)5-2;5-2-4-1-3(6)7/h4-8,10-11H,9H2,1-3H3,(H,14,15);7H,4-6H2,1-3H3;2H,1H2,(H,4,5)(H,6,7). The molecule has 3 N–H and O–H groups in total. The molecule has 0 aromatic heterocycles. The van der Waals surface area contributed by atoms with Gasteiger partial charge < -0.3 is 20.5 Å². The molecule has 0 heterocycles. The largest absolute Gasteiger partial charge is 0.480 e. The van der Waals surface area contributed by atoms with Gasteiger partial charge in [-0.3, -0.25) is 9.59 Å². The molecule has 0 saturated carbocycles. The molecule has 172 valence electrons. The van der Waals surface area contributed by atoms with E-state index < -0.39 is 5.97 Å². The maximum atomic E-state index is 11.4. The Morgan fingerprint density at radius 2 is 1.70 bits per heavy atom. The predicted molar refractivity (Wildman–Crippen MR) is 120 cm³/mol. The molecule has 0 aliphatic carbocycles. The third kappa shape index (κ3) is 20.2. The Labute approximate surface area is 181 Å². The molecule has 2 amide bonds. The van der Waals surface area contributed by atoms with Crippen molar-refractivity contribution in [3.8, 4) is 0 Å². The quantitative estimate of drug-likeness (QED) is 0.476. The SMILES string of the molecule is CC(C)C(C)NC(=O)OCc1ccccc1.CCCC(C)CC.O=CNCC(=O)O. The fourth-order valence-corrected chi connectivity index (χ4v) is 1.94. The topological polar surface area (TPSA) is 105 Å². The van der Waals surface area contributed by atoms with E-state index in [4.69, 9.17) is 9.84 Å². The third-order valence-corrected chi connectivity index (χ3v) is 4.37. The van der Waals surface area contributed by atoms with Crippen molar-refractivity contribution in [1.82, 2.24) is 10.6 Å². The molecule has 0 spiro atoms. The zero-order valence-corrected chi connectivity index (χ0v) is 19.3. The monoisotopic (exact) mass is 424 g/mol. The molecule has 2 atom stereocenters. The Hall–Kier alpha value is -2.57. The number of carbonyl (C=O) groups is 3. The van der Waals surface area contributed by atoms with E-state index in [-0.39, 0.29) is 18.7 Å². The lowest BCUT2D eigenvalue weighted by molar-refractivity contribution is -0.136. The van der Waals surface area contributed by atoms with Crippen molar-refractivity contribution in [2.45, 2.75) is 73.5 Å². The van der Waals surface area contributed by atoms with Gasteiger partial charge in [-0.25, -0.2) is 4.79 Å². The lowest BCUT2D eigenvalue weighted by Gasteiger charge is -2.17. The molecular weight excluding hydrogens is 384 g/mol. The number of alkyl carbamates (subject to hydrolysis) is 1. The molecule has 0 fully saturated rings. The second-order valence-electron chi connectivity index (χ2n) is 7.43. The molecule has 7 nitrogen and oxygen atoms in total.